The van der Waals surface area contributed by atoms with Crippen molar-refractivity contribution >= 4 is 24.0 Å². The molecule has 55 heavy (non-hydrogen) atoms. The topological polar surface area (TPSA) is 195 Å². The molecule has 6 rings (SSSR count). The van der Waals surface area contributed by atoms with Crippen LogP contribution in [0.2, 0.25) is 0 Å². The highest BCUT2D eigenvalue weighted by Gasteiger charge is 2.42. The van der Waals surface area contributed by atoms with E-state index in [0.717, 1.165) is 52.9 Å². The molecular formula is C40H50N8O7. The van der Waals surface area contributed by atoms with Crippen molar-refractivity contribution in [2.45, 2.75) is 83.1 Å². The summed E-state index contributed by atoms with van der Waals surface area (Å²) >= 11 is 0. The van der Waals surface area contributed by atoms with Crippen molar-refractivity contribution < 1.29 is 33.8 Å². The van der Waals surface area contributed by atoms with Crippen molar-refractivity contribution in [3.8, 4) is 33.6 Å². The number of benzene rings is 2. The molecule has 0 unspecified atom stereocenters. The lowest BCUT2D eigenvalue weighted by Gasteiger charge is -2.34. The van der Waals surface area contributed by atoms with Crippen molar-refractivity contribution in [3.05, 3.63) is 72.6 Å². The number of aliphatic hydroxyl groups is 1. The minimum Gasteiger partial charge on any atom is -0.453 e. The van der Waals surface area contributed by atoms with E-state index >= 15 is 0 Å². The van der Waals surface area contributed by atoms with E-state index in [4.69, 9.17) is 4.74 Å². The number of aromatic amines is 2. The smallest absolute Gasteiger partial charge is 0.407 e. The van der Waals surface area contributed by atoms with Gasteiger partial charge in [-0.05, 0) is 67.7 Å². The quantitative estimate of drug-likeness (QED) is 0.134. The molecule has 0 aliphatic carbocycles. The molecule has 5 N–H and O–H groups in total. The fraction of sp³-hybridized carbons (Fsp3) is 0.450. The average molecular weight is 755 g/mol. The standard InChI is InChI=1S/C40H50N8O7/c1-23(2)32(45-38(51)54-5)36(49)47-19-7-9-30(47)34-41-21-28(43-34)26-15-11-24(12-16-26)25-13-17-27(18-14-25)29-22-42-35(44-29)31-10-8-20-48(31)37(50)33(40(3,4)53)46-39(52)55-6/h11-18,21-23,30-33,53H,7-10,19-20H2,1-6H3,(H,41,43)(H,42,44)(H,45,51)(H,46,52)/t30-,31-,32-,33+/m0/s1. The van der Waals surface area contributed by atoms with Crippen molar-refractivity contribution in [2.75, 3.05) is 27.3 Å². The van der Waals surface area contributed by atoms with Crippen LogP contribution in [0.15, 0.2) is 60.9 Å². The molecule has 0 bridgehead atoms. The zero-order valence-electron chi connectivity index (χ0n) is 32.1. The maximum atomic E-state index is 13.6. The molecule has 15 heteroatoms. The molecule has 2 aromatic carbocycles. The first-order valence-electron chi connectivity index (χ1n) is 18.6. The lowest BCUT2D eigenvalue weighted by molar-refractivity contribution is -0.140. The summed E-state index contributed by atoms with van der Waals surface area (Å²) < 4.78 is 9.43. The molecule has 4 heterocycles. The molecule has 0 radical (unpaired) electrons. The van der Waals surface area contributed by atoms with Crippen LogP contribution in [0.4, 0.5) is 9.59 Å². The Bertz CT molecular complexity index is 1980. The van der Waals surface area contributed by atoms with E-state index in [1.807, 2.05) is 50.2 Å². The number of hydrogen-bond acceptors (Lipinski definition) is 9. The summed E-state index contributed by atoms with van der Waals surface area (Å²) in [6.07, 6.45) is 5.18. The molecule has 4 amide bonds. The lowest BCUT2D eigenvalue weighted by atomic mass is 9.97. The van der Waals surface area contributed by atoms with Gasteiger partial charge in [0.1, 0.15) is 23.7 Å². The van der Waals surface area contributed by atoms with Gasteiger partial charge in [0.25, 0.3) is 0 Å². The van der Waals surface area contributed by atoms with Gasteiger partial charge in [0.05, 0.1) is 55.7 Å². The van der Waals surface area contributed by atoms with Gasteiger partial charge < -0.3 is 45.0 Å². The van der Waals surface area contributed by atoms with E-state index < -0.39 is 35.8 Å². The van der Waals surface area contributed by atoms with Gasteiger partial charge in [-0.25, -0.2) is 19.6 Å². The number of H-pyrrole nitrogens is 2. The molecule has 292 valence electrons. The first-order chi connectivity index (χ1) is 26.3. The number of carbonyl (C=O) groups excluding carboxylic acids is 4. The van der Waals surface area contributed by atoms with Gasteiger partial charge in [-0.3, -0.25) is 9.59 Å². The summed E-state index contributed by atoms with van der Waals surface area (Å²) in [5.41, 5.74) is 4.10. The monoisotopic (exact) mass is 754 g/mol. The van der Waals surface area contributed by atoms with Crippen molar-refractivity contribution in [1.29, 1.82) is 0 Å². The number of likely N-dealkylation sites (tertiary alicyclic amines) is 2. The highest BCUT2D eigenvalue weighted by molar-refractivity contribution is 5.88. The fourth-order valence-corrected chi connectivity index (χ4v) is 7.38. The van der Waals surface area contributed by atoms with Crippen molar-refractivity contribution in [1.82, 2.24) is 40.4 Å². The summed E-state index contributed by atoms with van der Waals surface area (Å²) in [6, 6.07) is 13.9. The second-order valence-electron chi connectivity index (χ2n) is 15.0. The first kappa shape index (κ1) is 39.0. The number of hydrogen-bond donors (Lipinski definition) is 5. The SMILES string of the molecule is COC(=O)N[C@H](C(=O)N1CCC[C@H]1c1ncc(-c2ccc(-c3ccc(-c4cnc([C@@H]5CCCN5C(=O)[C@@H](NC(=O)OC)C(C)(C)O)[nH]4)cc3)cc2)[nH]1)C(C)C. The molecule has 2 aliphatic heterocycles. The van der Waals surface area contributed by atoms with Gasteiger partial charge in [-0.15, -0.1) is 0 Å². The van der Waals surface area contributed by atoms with Crippen LogP contribution in [0.3, 0.4) is 0 Å². The van der Waals surface area contributed by atoms with Gasteiger partial charge in [0.15, 0.2) is 0 Å². The number of aromatic nitrogens is 4. The van der Waals surface area contributed by atoms with Gasteiger partial charge in [0, 0.05) is 13.1 Å². The molecule has 4 atom stereocenters. The Balaban J connectivity index is 1.11. The second-order valence-corrected chi connectivity index (χ2v) is 15.0. The van der Waals surface area contributed by atoms with E-state index in [1.54, 1.807) is 22.2 Å². The fourth-order valence-electron chi connectivity index (χ4n) is 7.38. The summed E-state index contributed by atoms with van der Waals surface area (Å²) in [7, 11) is 2.49. The normalized spacial score (nSPS) is 18.3. The minimum absolute atomic E-state index is 0.111. The predicted octanol–water partition coefficient (Wildman–Crippen LogP) is 5.34. The number of ether oxygens (including phenoxy) is 2. The molecule has 15 nitrogen and oxygen atoms in total. The number of carbonyl (C=O) groups is 4. The highest BCUT2D eigenvalue weighted by Crippen LogP contribution is 2.35. The van der Waals surface area contributed by atoms with E-state index in [1.165, 1.54) is 28.1 Å². The average Bonchev–Trinajstić information content (AvgIpc) is 4.01. The molecular weight excluding hydrogens is 704 g/mol. The second kappa shape index (κ2) is 16.3. The molecule has 4 aromatic rings. The van der Waals surface area contributed by atoms with Gasteiger partial charge in [0.2, 0.25) is 11.8 Å². The molecule has 0 saturated carbocycles. The Labute approximate surface area is 320 Å². The van der Waals surface area contributed by atoms with Crippen LogP contribution in [0, 0.1) is 5.92 Å². The predicted molar refractivity (Wildman–Crippen MR) is 204 cm³/mol. The molecule has 2 aliphatic rings. The Kier molecular flexibility index (Phi) is 11.6. The molecule has 2 saturated heterocycles. The maximum absolute atomic E-state index is 13.6. The Hall–Kier alpha value is -5.70. The summed E-state index contributed by atoms with van der Waals surface area (Å²) in [5.74, 6) is 0.686. The first-order valence-corrected chi connectivity index (χ1v) is 18.6. The van der Waals surface area contributed by atoms with E-state index in [0.29, 0.717) is 31.2 Å². The molecule has 0 spiro atoms. The zero-order valence-corrected chi connectivity index (χ0v) is 32.1. The van der Waals surface area contributed by atoms with Gasteiger partial charge >= 0.3 is 12.2 Å². The zero-order chi connectivity index (χ0) is 39.4. The maximum Gasteiger partial charge on any atom is 0.407 e. The summed E-state index contributed by atoms with van der Waals surface area (Å²) in [4.78, 5) is 70.5. The largest absolute Gasteiger partial charge is 0.453 e. The lowest BCUT2D eigenvalue weighted by Crippen LogP contribution is -2.58. The van der Waals surface area contributed by atoms with Crippen LogP contribution < -0.4 is 10.6 Å². The third kappa shape index (κ3) is 8.51. The molecule has 2 aromatic heterocycles. The summed E-state index contributed by atoms with van der Waals surface area (Å²) in [5, 5.41) is 15.8. The van der Waals surface area contributed by atoms with Crippen LogP contribution in [0.25, 0.3) is 33.6 Å². The number of amides is 4. The molecule has 2 fully saturated rings. The Morgan fingerprint density at radius 1 is 0.727 bits per heavy atom. The van der Waals surface area contributed by atoms with Crippen LogP contribution in [0.5, 0.6) is 0 Å². The van der Waals surface area contributed by atoms with E-state index in [9.17, 15) is 24.3 Å². The van der Waals surface area contributed by atoms with Crippen LogP contribution in [-0.2, 0) is 19.1 Å². The third-order valence-electron chi connectivity index (χ3n) is 10.4. The number of imidazole rings is 2. The van der Waals surface area contributed by atoms with Crippen molar-refractivity contribution in [2.24, 2.45) is 5.92 Å². The van der Waals surface area contributed by atoms with Crippen LogP contribution >= 0.6 is 0 Å². The minimum atomic E-state index is -1.51. The number of methoxy groups -OCH3 is 2. The number of nitrogens with zero attached hydrogens (tertiary/aromatic N) is 4. The summed E-state index contributed by atoms with van der Waals surface area (Å²) in [6.45, 7) is 7.80. The van der Waals surface area contributed by atoms with E-state index in [-0.39, 0.29) is 23.9 Å². The van der Waals surface area contributed by atoms with Crippen molar-refractivity contribution in [3.63, 3.8) is 0 Å². The van der Waals surface area contributed by atoms with Gasteiger partial charge in [-0.2, -0.15) is 0 Å². The van der Waals surface area contributed by atoms with Crippen LogP contribution in [0.1, 0.15) is 77.1 Å². The Morgan fingerprint density at radius 3 is 1.56 bits per heavy atom. The van der Waals surface area contributed by atoms with E-state index in [2.05, 4.69) is 47.4 Å². The Morgan fingerprint density at radius 2 is 1.15 bits per heavy atom. The van der Waals surface area contributed by atoms with Gasteiger partial charge in [-0.1, -0.05) is 62.4 Å². The highest BCUT2D eigenvalue weighted by atomic mass is 16.5. The number of alkyl carbamates (subject to hydrolysis) is 2. The third-order valence-corrected chi connectivity index (χ3v) is 10.4. The number of nitrogens with one attached hydrogen (secondary N) is 4. The number of rotatable bonds is 11. The van der Waals surface area contributed by atoms with Crippen LogP contribution in [-0.4, -0.2) is 104 Å².